The second kappa shape index (κ2) is 36.3. The van der Waals surface area contributed by atoms with E-state index in [1.165, 1.54) is 35.4 Å². The molecule has 4 unspecified atom stereocenters. The second-order valence-electron chi connectivity index (χ2n) is 35.5. The number of aromatic nitrogens is 19. The third-order valence-electron chi connectivity index (χ3n) is 25.6. The molecule has 0 radical (unpaired) electrons. The van der Waals surface area contributed by atoms with Gasteiger partial charge in [0.2, 0.25) is 23.1 Å². The van der Waals surface area contributed by atoms with Crippen LogP contribution >= 0.6 is 11.6 Å². The first kappa shape index (κ1) is 87.2. The highest BCUT2D eigenvalue weighted by Crippen LogP contribution is 2.42. The highest BCUT2D eigenvalue weighted by atomic mass is 35.5. The molecule has 18 heterocycles. The maximum atomic E-state index is 15.0. The number of amides is 1. The van der Waals surface area contributed by atoms with Crippen molar-refractivity contribution in [1.82, 2.24) is 109 Å². The summed E-state index contributed by atoms with van der Waals surface area (Å²) in [6.07, 6.45) is 22.6. The normalized spacial score (nSPS) is 17.9. The van der Waals surface area contributed by atoms with Gasteiger partial charge >= 0.3 is 6.09 Å². The Morgan fingerprint density at radius 2 is 0.656 bits per heavy atom. The van der Waals surface area contributed by atoms with Gasteiger partial charge in [-0.1, -0.05) is 18.2 Å². The summed E-state index contributed by atoms with van der Waals surface area (Å²) in [5.74, 6) is 2.43. The third-order valence-corrected chi connectivity index (χ3v) is 25.7. The zero-order valence-corrected chi connectivity index (χ0v) is 73.7. The summed E-state index contributed by atoms with van der Waals surface area (Å²) in [5.41, 5.74) is 8.24. The minimum Gasteiger partial charge on any atom is -0.444 e. The summed E-state index contributed by atoms with van der Waals surface area (Å²) >= 11 is 5.72. The molecule has 3 saturated heterocycles. The fraction of sp³-hybridized carbons (Fsp3) is 0.368. The summed E-state index contributed by atoms with van der Waals surface area (Å²) < 4.78 is 131. The molecule has 1 amide bonds. The zero-order valence-electron chi connectivity index (χ0n) is 73.0. The van der Waals surface area contributed by atoms with Gasteiger partial charge in [-0.2, -0.15) is 0 Å². The van der Waals surface area contributed by atoms with E-state index in [1.807, 2.05) is 75.7 Å². The Bertz CT molecular complexity index is 6640. The van der Waals surface area contributed by atoms with Crippen molar-refractivity contribution in [3.63, 3.8) is 0 Å². The first-order chi connectivity index (χ1) is 63.2. The molecule has 15 aromatic rings. The summed E-state index contributed by atoms with van der Waals surface area (Å²) in [6, 6.07) is 24.6. The van der Waals surface area contributed by atoms with Gasteiger partial charge in [0.15, 0.2) is 46.5 Å². The number of aryl methyl sites for hydroxylation is 4. The van der Waals surface area contributed by atoms with Crippen molar-refractivity contribution in [2.75, 3.05) is 55.2 Å². The van der Waals surface area contributed by atoms with Crippen LogP contribution in [0.5, 0.6) is 0 Å². The number of carbonyl (C=O) groups is 1. The second-order valence-corrected chi connectivity index (χ2v) is 35.9. The topological polar surface area (TPSA) is 303 Å². The molecule has 7 aliphatic heterocycles. The Hall–Kier alpha value is -13.2. The molecule has 131 heavy (non-hydrogen) atoms. The number of hydrogen-bond acceptors (Lipinski definition) is 22. The lowest BCUT2D eigenvalue weighted by molar-refractivity contribution is 0.0204. The van der Waals surface area contributed by atoms with Crippen LogP contribution in [-0.2, 0) is 30.4 Å². The number of imidazole rings is 4. The Morgan fingerprint density at radius 3 is 0.947 bits per heavy atom. The third kappa shape index (κ3) is 18.1. The molecule has 4 aromatic carbocycles. The van der Waals surface area contributed by atoms with Crippen molar-refractivity contribution in [2.24, 2.45) is 0 Å². The molecule has 5 N–H and O–H groups in total. The number of ether oxygens (including phenoxy) is 1. The van der Waals surface area contributed by atoms with E-state index < -0.39 is 52.1 Å². The van der Waals surface area contributed by atoms with Crippen LogP contribution in [0, 0.1) is 46.5 Å². The van der Waals surface area contributed by atoms with Crippen LogP contribution < -0.4 is 26.6 Å². The van der Waals surface area contributed by atoms with Crippen LogP contribution in [0.1, 0.15) is 195 Å². The molecule has 3 fully saturated rings. The zero-order chi connectivity index (χ0) is 90.8. The van der Waals surface area contributed by atoms with Crippen molar-refractivity contribution < 1.29 is 44.7 Å². The van der Waals surface area contributed by atoms with E-state index >= 15 is 4.39 Å². The van der Waals surface area contributed by atoms with Crippen molar-refractivity contribution in [3.05, 3.63) is 220 Å². The average Bonchev–Trinajstić information content (AvgIpc) is 1.61. The van der Waals surface area contributed by atoms with Crippen LogP contribution in [0.25, 0.3) is 89.2 Å². The van der Waals surface area contributed by atoms with Gasteiger partial charge < -0.3 is 54.5 Å². The molecule has 4 atom stereocenters. The fourth-order valence-corrected chi connectivity index (χ4v) is 19.0. The number of nitrogens with zero attached hydrogens (tertiary/aromatic N) is 20. The van der Waals surface area contributed by atoms with E-state index in [0.717, 1.165) is 170 Å². The molecule has 0 bridgehead atoms. The maximum absolute atomic E-state index is 15.0. The van der Waals surface area contributed by atoms with Crippen molar-refractivity contribution in [2.45, 2.75) is 186 Å². The Kier molecular flexibility index (Phi) is 24.2. The van der Waals surface area contributed by atoms with E-state index in [-0.39, 0.29) is 82.1 Å². The van der Waals surface area contributed by atoms with Crippen molar-refractivity contribution >= 4 is 97.1 Å². The molecule has 0 aliphatic carbocycles. The van der Waals surface area contributed by atoms with Gasteiger partial charge in [0.05, 0.1) is 46.9 Å². The summed E-state index contributed by atoms with van der Waals surface area (Å²) in [7, 11) is 0. The van der Waals surface area contributed by atoms with Crippen molar-refractivity contribution in [1.29, 1.82) is 0 Å². The van der Waals surface area contributed by atoms with Gasteiger partial charge in [-0.05, 0) is 252 Å². The van der Waals surface area contributed by atoms with E-state index in [9.17, 15) is 35.5 Å². The van der Waals surface area contributed by atoms with Crippen LogP contribution in [-0.4, -0.2) is 149 Å². The number of fused-ring (bicyclic) bond motifs is 12. The first-order valence-electron chi connectivity index (χ1n) is 44.4. The summed E-state index contributed by atoms with van der Waals surface area (Å²) in [4.78, 5) is 78.0. The Balaban J connectivity index is 0.000000115. The smallest absolute Gasteiger partial charge is 0.410 e. The lowest BCUT2D eigenvalue weighted by Gasteiger charge is -2.33. The van der Waals surface area contributed by atoms with Crippen LogP contribution in [0.3, 0.4) is 0 Å². The van der Waals surface area contributed by atoms with E-state index in [0.29, 0.717) is 109 Å². The lowest BCUT2D eigenvalue weighted by Crippen LogP contribution is -2.41. The van der Waals surface area contributed by atoms with Gasteiger partial charge in [-0.15, -0.1) is 0 Å². The van der Waals surface area contributed by atoms with E-state index in [1.54, 1.807) is 35.4 Å². The van der Waals surface area contributed by atoms with Gasteiger partial charge in [-0.25, -0.2) is 115 Å². The van der Waals surface area contributed by atoms with Gasteiger partial charge in [0.25, 0.3) is 0 Å². The predicted octanol–water partition coefficient (Wildman–Crippen LogP) is 20.2. The van der Waals surface area contributed by atoms with Crippen LogP contribution in [0.4, 0.5) is 75.2 Å². The Labute approximate surface area is 752 Å². The molecule has 22 rings (SSSR count). The summed E-state index contributed by atoms with van der Waals surface area (Å²) in [5, 5.41) is 15.8. The summed E-state index contributed by atoms with van der Waals surface area (Å²) in [6.45, 7) is 19.2. The minimum absolute atomic E-state index is 0.00197. The lowest BCUT2D eigenvalue weighted by atomic mass is 9.90. The number of carbonyl (C=O) groups excluding carboxylic acids is 1. The van der Waals surface area contributed by atoms with Gasteiger partial charge in [0.1, 0.15) is 91.2 Å². The standard InChI is InChI=1S/C30H33F2N7O2.2C25H25F2N7.C15H11ClF2N4/c1-17-5-8-25-36-27-21(31)13-20(14-23(27)39(17)25)26-22(32)16-34-28(37-26)35-24-7-6-19(15-33-24)18-9-11-38(12-10-18)29(40)41-30(2,3)4;2*1-14-2-5-22-32-24-18(26)10-17(11-20(24)34(14)22)23-19(27)13-30-25(33-23)31-21-4-3-16(12-29-21)15-6-8-28-9-7-15;1-7-2-3-12-20-14-9(17)4-8(5-11(14)22(7)12)13-10(18)6-19-15(16)21-13/h6-7,13-18H,5,8-12H2,1-4H3,(H,33,34,35,37);2*3-4,10-15,28H,2,5-9H2,1H3,(H,29,30,31,33);4-7H,2-3H2,1H3. The molecule has 7 aliphatic rings. The molecule has 674 valence electrons. The molecule has 0 spiro atoms. The number of likely N-dealkylation sites (tertiary alicyclic amines) is 1. The van der Waals surface area contributed by atoms with Crippen molar-refractivity contribution in [3.8, 4) is 45.0 Å². The van der Waals surface area contributed by atoms with Gasteiger partial charge in [-0.3, -0.25) is 0 Å². The minimum atomic E-state index is -0.649. The molecule has 36 heteroatoms. The SMILES string of the molecule is CC1CCc2nc3c(F)cc(-c4nc(Cl)ncc4F)cc3n21.CC1CCc2nc3c(F)cc(-c4nc(Nc5ccc(C6CCN(C(=O)OC(C)(C)C)CC6)cn5)ncc4F)cc3n21.CC1CCc2nc3c(F)cc(-c4nc(Nc5ccc(C6CCNCC6)cn5)ncc4F)cc3n21.CC1CCc2nc3c(F)cc(-c4nc(Nc5ccc(C6CCNCC6)cn5)ncc4F)cc3n21. The highest BCUT2D eigenvalue weighted by Gasteiger charge is 2.33. The van der Waals surface area contributed by atoms with E-state index in [4.69, 9.17) is 16.3 Å². The maximum Gasteiger partial charge on any atom is 0.410 e. The number of nitrogens with one attached hydrogen (secondary N) is 5. The molecular formula is C95H94ClF8N25O2. The Morgan fingerprint density at radius 1 is 0.366 bits per heavy atom. The number of anilines is 6. The number of rotatable bonds is 13. The van der Waals surface area contributed by atoms with E-state index in [2.05, 4.69) is 141 Å². The molecule has 27 nitrogen and oxygen atoms in total. The number of benzene rings is 4. The largest absolute Gasteiger partial charge is 0.444 e. The first-order valence-corrected chi connectivity index (χ1v) is 44.8. The molecular weight excluding hydrogens is 1710 g/mol. The molecule has 11 aromatic heterocycles. The fourth-order valence-electron chi connectivity index (χ4n) is 18.9. The number of hydrogen-bond donors (Lipinski definition) is 5. The van der Waals surface area contributed by atoms with Crippen LogP contribution in [0.2, 0.25) is 5.28 Å². The predicted molar refractivity (Wildman–Crippen MR) is 482 cm³/mol. The quantitative estimate of drug-likeness (QED) is 0.0529. The number of pyridine rings is 3. The monoisotopic (exact) mass is 1800 g/mol. The average molecular weight is 1810 g/mol. The number of piperidine rings is 3. The van der Waals surface area contributed by atoms with Gasteiger partial charge in [0, 0.05) is 104 Å². The highest BCUT2D eigenvalue weighted by molar-refractivity contribution is 6.28. The van der Waals surface area contributed by atoms with Crippen LogP contribution in [0.15, 0.2) is 128 Å². The number of halogens is 9. The molecule has 0 saturated carbocycles.